The molecule has 56 heavy (non-hydrogen) atoms. The molecule has 18 heteroatoms. The summed E-state index contributed by atoms with van der Waals surface area (Å²) in [6.45, 7) is 8.47. The summed E-state index contributed by atoms with van der Waals surface area (Å²) in [5.74, 6) is -1.70. The van der Waals surface area contributed by atoms with Gasteiger partial charge in [-0.05, 0) is 36.4 Å². The zero-order valence-electron chi connectivity index (χ0n) is 30.5. The van der Waals surface area contributed by atoms with Gasteiger partial charge in [-0.1, -0.05) is 23.4 Å². The van der Waals surface area contributed by atoms with Crippen LogP contribution in [0.1, 0.15) is 16.1 Å². The first-order chi connectivity index (χ1) is 27.3. The number of aromatic nitrogens is 3. The molecule has 17 nitrogen and oxygen atoms in total. The van der Waals surface area contributed by atoms with Gasteiger partial charge in [-0.2, -0.15) is 5.26 Å². The van der Waals surface area contributed by atoms with Crippen LogP contribution in [-0.2, 0) is 18.9 Å². The molecule has 3 aromatic heterocycles. The number of fused-ring (bicyclic) bond motifs is 4. The highest BCUT2D eigenvalue weighted by Gasteiger charge is 2.25. The molecule has 0 spiro atoms. The van der Waals surface area contributed by atoms with Crippen LogP contribution in [0.15, 0.2) is 68.4 Å². The van der Waals surface area contributed by atoms with E-state index in [4.69, 9.17) is 34.3 Å². The molecular formula is C38H39FN8O9. The van der Waals surface area contributed by atoms with Crippen LogP contribution in [0.4, 0.5) is 27.3 Å². The smallest absolute Gasteiger partial charge is 0.360 e. The number of halogens is 1. The zero-order valence-corrected chi connectivity index (χ0v) is 30.5. The molecule has 3 aliphatic heterocycles. The predicted octanol–water partition coefficient (Wildman–Crippen LogP) is 3.55. The van der Waals surface area contributed by atoms with Crippen LogP contribution in [0.2, 0.25) is 0 Å². The van der Waals surface area contributed by atoms with Gasteiger partial charge in [-0.3, -0.25) is 4.79 Å². The number of morpholine rings is 3. The minimum Gasteiger partial charge on any atom is -0.501 e. The van der Waals surface area contributed by atoms with E-state index < -0.39 is 28.8 Å². The van der Waals surface area contributed by atoms with Crippen LogP contribution in [0.25, 0.3) is 27.6 Å². The van der Waals surface area contributed by atoms with Crippen molar-refractivity contribution in [3.8, 4) is 11.8 Å². The quantitative estimate of drug-likeness (QED) is 0.246. The molecule has 0 unspecified atom stereocenters. The highest BCUT2D eigenvalue weighted by molar-refractivity contribution is 6.02. The van der Waals surface area contributed by atoms with E-state index in [0.29, 0.717) is 75.1 Å². The molecule has 0 saturated carbocycles. The van der Waals surface area contributed by atoms with Crippen LogP contribution in [0.3, 0.4) is 0 Å². The number of nitrogens with zero attached hydrogens (tertiary/aromatic N) is 7. The first kappa shape index (κ1) is 37.9. The molecule has 3 aliphatic rings. The molecule has 6 aromatic rings. The van der Waals surface area contributed by atoms with Gasteiger partial charge in [0.25, 0.3) is 0 Å². The van der Waals surface area contributed by atoms with Crippen LogP contribution >= 0.6 is 0 Å². The zero-order chi connectivity index (χ0) is 39.2. The van der Waals surface area contributed by atoms with E-state index in [2.05, 4.69) is 24.7 Å². The van der Waals surface area contributed by atoms with Crippen LogP contribution < -0.4 is 26.0 Å². The summed E-state index contributed by atoms with van der Waals surface area (Å²) in [5.41, 5.74) is 8.53. The van der Waals surface area contributed by atoms with Crippen molar-refractivity contribution in [2.24, 2.45) is 0 Å². The second-order valence-corrected chi connectivity index (χ2v) is 12.7. The normalized spacial score (nSPS) is 15.8. The Morgan fingerprint density at radius 2 is 1.34 bits per heavy atom. The fraction of sp³-hybridized carbons (Fsp3) is 0.342. The van der Waals surface area contributed by atoms with Crippen molar-refractivity contribution in [2.45, 2.75) is 0 Å². The van der Waals surface area contributed by atoms with Gasteiger partial charge in [0, 0.05) is 39.3 Å². The molecule has 3 N–H and O–H groups in total. The lowest BCUT2D eigenvalue weighted by atomic mass is 10.1. The lowest BCUT2D eigenvalue weighted by Gasteiger charge is -2.29. The second kappa shape index (κ2) is 16.9. The summed E-state index contributed by atoms with van der Waals surface area (Å²) >= 11 is 0. The van der Waals surface area contributed by atoms with E-state index >= 15 is 0 Å². The number of esters is 1. The number of anilines is 4. The van der Waals surface area contributed by atoms with Crippen LogP contribution in [-0.4, -0.2) is 112 Å². The minimum atomic E-state index is -0.893. The van der Waals surface area contributed by atoms with Crippen LogP contribution in [0.5, 0.6) is 5.75 Å². The third kappa shape index (κ3) is 7.60. The molecule has 6 heterocycles. The van der Waals surface area contributed by atoms with Crippen molar-refractivity contribution in [2.75, 3.05) is 106 Å². The number of rotatable bonds is 4. The maximum absolute atomic E-state index is 13.3. The topological polar surface area (TPSA) is 207 Å². The number of hydrogen-bond donors (Lipinski definition) is 2. The van der Waals surface area contributed by atoms with E-state index in [0.717, 1.165) is 60.3 Å². The van der Waals surface area contributed by atoms with Crippen LogP contribution in [0, 0.1) is 17.1 Å². The number of hydrogen-bond acceptors (Lipinski definition) is 16. The van der Waals surface area contributed by atoms with E-state index in [9.17, 15) is 19.1 Å². The fourth-order valence-electron chi connectivity index (χ4n) is 6.72. The Labute approximate surface area is 318 Å². The number of carbonyl (C=O) groups is 1. The summed E-state index contributed by atoms with van der Waals surface area (Å²) in [4.78, 5) is 34.6. The Morgan fingerprint density at radius 3 is 1.91 bits per heavy atom. The third-order valence-electron chi connectivity index (χ3n) is 9.48. The monoisotopic (exact) mass is 770 g/mol. The largest absolute Gasteiger partial charge is 0.501 e. The summed E-state index contributed by atoms with van der Waals surface area (Å²) < 4.78 is 45.4. The summed E-state index contributed by atoms with van der Waals surface area (Å²) in [6.07, 6.45) is 0. The second-order valence-electron chi connectivity index (χ2n) is 12.7. The SMILES string of the molecule is COC(=O)c1nc2c3c(N4CCOCC4)cccc3on2c(=O)c1O.N#Cc1c(F)cccc1N1CCOCC1.Nc1noc2cccc(N3CCOCC3)c12. The van der Waals surface area contributed by atoms with Crippen molar-refractivity contribution in [1.29, 1.82) is 5.26 Å². The van der Waals surface area contributed by atoms with Gasteiger partial charge in [-0.25, -0.2) is 14.2 Å². The molecular weight excluding hydrogens is 731 g/mol. The van der Waals surface area contributed by atoms with Crippen molar-refractivity contribution < 1.29 is 42.3 Å². The molecule has 292 valence electrons. The van der Waals surface area contributed by atoms with Crippen molar-refractivity contribution in [1.82, 2.24) is 14.7 Å². The maximum Gasteiger partial charge on any atom is 0.360 e. The van der Waals surface area contributed by atoms with Crippen molar-refractivity contribution >= 4 is 56.4 Å². The van der Waals surface area contributed by atoms with Gasteiger partial charge in [0.15, 0.2) is 28.3 Å². The number of aromatic hydroxyl groups is 1. The highest BCUT2D eigenvalue weighted by Crippen LogP contribution is 2.33. The lowest BCUT2D eigenvalue weighted by Crippen LogP contribution is -2.36. The summed E-state index contributed by atoms with van der Waals surface area (Å²) in [5, 5.41) is 24.1. The molecule has 3 saturated heterocycles. The number of ether oxygens (including phenoxy) is 4. The first-order valence-corrected chi connectivity index (χ1v) is 17.9. The minimum absolute atomic E-state index is 0.124. The van der Waals surface area contributed by atoms with Gasteiger partial charge in [-0.15, -0.1) is 4.57 Å². The van der Waals surface area contributed by atoms with Gasteiger partial charge in [0.2, 0.25) is 5.75 Å². The number of nitrogens with two attached hydrogens (primary N) is 1. The Kier molecular flexibility index (Phi) is 11.5. The maximum atomic E-state index is 13.3. The van der Waals surface area contributed by atoms with Gasteiger partial charge in [0.05, 0.1) is 74.6 Å². The number of benzene rings is 3. The Hall–Kier alpha value is -6.42. The molecule has 0 bridgehead atoms. The molecule has 0 atom stereocenters. The van der Waals surface area contributed by atoms with Gasteiger partial charge < -0.3 is 53.5 Å². The molecule has 0 aliphatic carbocycles. The van der Waals surface area contributed by atoms with Crippen molar-refractivity contribution in [3.05, 3.63) is 82.0 Å². The number of nitrogen functional groups attached to an aromatic ring is 1. The molecule has 3 fully saturated rings. The third-order valence-corrected chi connectivity index (χ3v) is 9.48. The Morgan fingerprint density at radius 1 is 0.821 bits per heavy atom. The summed E-state index contributed by atoms with van der Waals surface area (Å²) in [7, 11) is 1.15. The number of methoxy groups -OCH3 is 1. The van der Waals surface area contributed by atoms with E-state index in [-0.39, 0.29) is 11.2 Å². The predicted molar refractivity (Wildman–Crippen MR) is 203 cm³/mol. The lowest BCUT2D eigenvalue weighted by molar-refractivity contribution is 0.0589. The number of carbonyl (C=O) groups excluding carboxylic acids is 1. The van der Waals surface area contributed by atoms with E-state index in [1.165, 1.54) is 6.07 Å². The molecule has 9 rings (SSSR count). The average Bonchev–Trinajstić information content (AvgIpc) is 3.83. The molecule has 3 aromatic carbocycles. The average molecular weight is 771 g/mol. The number of nitriles is 1. The van der Waals surface area contributed by atoms with Crippen molar-refractivity contribution in [3.63, 3.8) is 0 Å². The standard InChI is InChI=1S/C16H15N3O6.C11H11FN2O.C11H13N3O2/c1-23-16(22)12-13(20)15(21)19-14(17-12)11-9(3-2-4-10(11)25-19)18-5-7-24-8-6-18;12-10-2-1-3-11(9(10)8-13)14-4-6-15-7-5-14;12-11-10-8(14-4-6-15-7-5-14)2-1-3-9(10)16-13-11/h2-4,20H,5-8H2,1H3;1-3H,4-7H2;1-3H,4-7H2,(H2,12,13). The van der Waals surface area contributed by atoms with E-state index in [1.54, 1.807) is 18.2 Å². The van der Waals surface area contributed by atoms with Gasteiger partial charge >= 0.3 is 11.5 Å². The first-order valence-electron chi connectivity index (χ1n) is 17.9. The Balaban J connectivity index is 0.000000135. The summed E-state index contributed by atoms with van der Waals surface area (Å²) in [6, 6.07) is 17.9. The molecule has 0 amide bonds. The van der Waals surface area contributed by atoms with Gasteiger partial charge in [0.1, 0.15) is 17.4 Å². The Bertz CT molecular complexity index is 2440. The van der Waals surface area contributed by atoms with E-state index in [1.807, 2.05) is 41.3 Å². The highest BCUT2D eigenvalue weighted by atomic mass is 19.1. The fourth-order valence-corrected chi connectivity index (χ4v) is 6.72. The molecule has 0 radical (unpaired) electrons.